The summed E-state index contributed by atoms with van der Waals surface area (Å²) in [7, 11) is -0.729. The van der Waals surface area contributed by atoms with Gasteiger partial charge in [0.1, 0.15) is 23.4 Å². The molecular weight excluding hydrogens is 508 g/mol. The van der Waals surface area contributed by atoms with Crippen LogP contribution in [-0.2, 0) is 25.3 Å². The Balaban J connectivity index is 2.18. The lowest BCUT2D eigenvalue weighted by atomic mass is 9.88. The van der Waals surface area contributed by atoms with Crippen LogP contribution < -0.4 is 4.74 Å². The smallest absolute Gasteiger partial charge is 0.456 e. The van der Waals surface area contributed by atoms with Crippen molar-refractivity contribution >= 4 is 31.2 Å². The van der Waals surface area contributed by atoms with Crippen LogP contribution in [0.15, 0.2) is 12.0 Å². The van der Waals surface area contributed by atoms with Gasteiger partial charge in [0.15, 0.2) is 5.75 Å². The number of alkyl halides is 1. The molecule has 11 heteroatoms. The van der Waals surface area contributed by atoms with Gasteiger partial charge in [-0.15, -0.1) is 0 Å². The first-order valence-corrected chi connectivity index (χ1v) is 13.0. The first kappa shape index (κ1) is 30.6. The van der Waals surface area contributed by atoms with E-state index in [4.69, 9.17) is 23.5 Å². The van der Waals surface area contributed by atoms with Crippen LogP contribution in [0.25, 0.3) is 6.08 Å². The third kappa shape index (κ3) is 7.00. The van der Waals surface area contributed by atoms with Gasteiger partial charge in [-0.05, 0) is 80.9 Å². The quantitative estimate of drug-likeness (QED) is 0.261. The van der Waals surface area contributed by atoms with E-state index in [0.29, 0.717) is 11.1 Å². The molecule has 0 spiro atoms. The highest BCUT2D eigenvalue weighted by Crippen LogP contribution is 2.40. The molecule has 0 saturated carbocycles. The second-order valence-electron chi connectivity index (χ2n) is 12.7. The number of halogens is 1. The number of carbonyl (C=O) groups excluding carboxylic acids is 3. The first-order chi connectivity index (χ1) is 17.7. The van der Waals surface area contributed by atoms with E-state index in [9.17, 15) is 18.8 Å². The van der Waals surface area contributed by atoms with Gasteiger partial charge in [0.2, 0.25) is 0 Å². The molecule has 0 atom stereocenters. The standard InChI is InChI=1S/C28H39BFNO8/c1-25(2,3)36-23(33)20-19-18(16-31(14-13-30)22(19)32)15-17(21(20)35-24(34)37-26(4,5)6)11-12-29-38-27(7,8)28(9,10)39-29/h11-12,15H,13-14,16H2,1-10H3/b12-11+. The van der Waals surface area contributed by atoms with Crippen molar-refractivity contribution in [3.8, 4) is 5.75 Å². The zero-order valence-corrected chi connectivity index (χ0v) is 24.5. The van der Waals surface area contributed by atoms with Crippen LogP contribution in [0.4, 0.5) is 9.18 Å². The summed E-state index contributed by atoms with van der Waals surface area (Å²) in [6.45, 7) is 16.9. The van der Waals surface area contributed by atoms with E-state index >= 15 is 0 Å². The highest BCUT2D eigenvalue weighted by atomic mass is 19.1. The number of hydrogen-bond acceptors (Lipinski definition) is 8. The average Bonchev–Trinajstić information content (AvgIpc) is 3.14. The molecule has 1 fully saturated rings. The van der Waals surface area contributed by atoms with Crippen molar-refractivity contribution in [2.75, 3.05) is 13.2 Å². The highest BCUT2D eigenvalue weighted by molar-refractivity contribution is 6.52. The summed E-state index contributed by atoms with van der Waals surface area (Å²) in [5.74, 6) is 0.00736. The van der Waals surface area contributed by atoms with Crippen LogP contribution in [-0.4, -0.2) is 65.7 Å². The third-order valence-electron chi connectivity index (χ3n) is 6.49. The van der Waals surface area contributed by atoms with Gasteiger partial charge < -0.3 is 28.4 Å². The summed E-state index contributed by atoms with van der Waals surface area (Å²) in [6.07, 6.45) is 0.529. The summed E-state index contributed by atoms with van der Waals surface area (Å²) in [6, 6.07) is 1.63. The van der Waals surface area contributed by atoms with Crippen molar-refractivity contribution in [1.82, 2.24) is 4.90 Å². The first-order valence-electron chi connectivity index (χ1n) is 13.0. The number of nitrogens with zero attached hydrogens (tertiary/aromatic N) is 1. The zero-order chi connectivity index (χ0) is 29.6. The van der Waals surface area contributed by atoms with E-state index in [2.05, 4.69) is 0 Å². The van der Waals surface area contributed by atoms with Crippen molar-refractivity contribution in [2.45, 2.75) is 98.2 Å². The number of benzene rings is 1. The summed E-state index contributed by atoms with van der Waals surface area (Å²) in [5.41, 5.74) is -2.43. The Kier molecular flexibility index (Phi) is 8.30. The van der Waals surface area contributed by atoms with Gasteiger partial charge in [-0.25, -0.2) is 14.0 Å². The number of amides is 1. The molecule has 1 amide bonds. The fourth-order valence-electron chi connectivity index (χ4n) is 4.09. The predicted molar refractivity (Wildman–Crippen MR) is 144 cm³/mol. The molecule has 3 rings (SSSR count). The minimum atomic E-state index is -1.07. The lowest BCUT2D eigenvalue weighted by Gasteiger charge is -2.32. The second-order valence-corrected chi connectivity index (χ2v) is 12.7. The van der Waals surface area contributed by atoms with E-state index in [1.165, 1.54) is 4.90 Å². The maximum absolute atomic E-state index is 13.5. The van der Waals surface area contributed by atoms with Crippen molar-refractivity contribution in [2.24, 2.45) is 0 Å². The topological polar surface area (TPSA) is 101 Å². The predicted octanol–water partition coefficient (Wildman–Crippen LogP) is 5.53. The molecule has 2 heterocycles. The Bertz CT molecular complexity index is 1160. The molecule has 0 unspecified atom stereocenters. The highest BCUT2D eigenvalue weighted by Gasteiger charge is 2.50. The van der Waals surface area contributed by atoms with Gasteiger partial charge in [-0.2, -0.15) is 0 Å². The lowest BCUT2D eigenvalue weighted by molar-refractivity contribution is 0.00578. The van der Waals surface area contributed by atoms with Gasteiger partial charge in [0, 0.05) is 18.7 Å². The molecule has 214 valence electrons. The maximum atomic E-state index is 13.5. The summed E-state index contributed by atoms with van der Waals surface area (Å²) in [4.78, 5) is 40.9. The summed E-state index contributed by atoms with van der Waals surface area (Å²) in [5, 5.41) is 0. The Hall–Kier alpha value is -2.92. The normalized spacial score (nSPS) is 18.5. The monoisotopic (exact) mass is 547 g/mol. The number of hydrogen-bond donors (Lipinski definition) is 0. The molecule has 0 radical (unpaired) electrons. The Labute approximate surface area is 230 Å². The molecule has 1 aromatic rings. The van der Waals surface area contributed by atoms with Gasteiger partial charge in [0.05, 0.1) is 16.8 Å². The van der Waals surface area contributed by atoms with E-state index in [1.54, 1.807) is 59.7 Å². The SMILES string of the molecule is CC(C)(C)OC(=O)Oc1c(/C=C/B2OC(C)(C)C(C)(C)O2)cc2c(c1C(=O)OC(C)(C)C)C(=O)N(CCF)C2. The Morgan fingerprint density at radius 3 is 2.13 bits per heavy atom. The van der Waals surface area contributed by atoms with Crippen molar-refractivity contribution in [3.63, 3.8) is 0 Å². The fraction of sp³-hybridized carbons (Fsp3) is 0.607. The minimum Gasteiger partial charge on any atom is -0.456 e. The second kappa shape index (κ2) is 10.6. The Morgan fingerprint density at radius 1 is 1.05 bits per heavy atom. The number of carbonyl (C=O) groups is 3. The van der Waals surface area contributed by atoms with Crippen LogP contribution in [0.2, 0.25) is 0 Å². The van der Waals surface area contributed by atoms with Gasteiger partial charge in [0.25, 0.3) is 5.91 Å². The average molecular weight is 547 g/mol. The van der Waals surface area contributed by atoms with E-state index < -0.39 is 54.2 Å². The maximum Gasteiger partial charge on any atom is 0.514 e. The zero-order valence-electron chi connectivity index (χ0n) is 24.5. The van der Waals surface area contributed by atoms with Crippen LogP contribution >= 0.6 is 0 Å². The summed E-state index contributed by atoms with van der Waals surface area (Å²) >= 11 is 0. The molecule has 0 N–H and O–H groups in total. The molecular formula is C28H39BFNO8. The summed E-state index contributed by atoms with van der Waals surface area (Å²) < 4.78 is 41.9. The molecule has 2 aliphatic rings. The molecule has 39 heavy (non-hydrogen) atoms. The molecule has 1 saturated heterocycles. The Morgan fingerprint density at radius 2 is 1.62 bits per heavy atom. The fourth-order valence-corrected chi connectivity index (χ4v) is 4.09. The van der Waals surface area contributed by atoms with Crippen LogP contribution in [0.5, 0.6) is 5.75 Å². The van der Waals surface area contributed by atoms with Crippen LogP contribution in [0.3, 0.4) is 0 Å². The number of esters is 1. The third-order valence-corrected chi connectivity index (χ3v) is 6.49. The van der Waals surface area contributed by atoms with Crippen molar-refractivity contribution < 1.29 is 42.3 Å². The largest absolute Gasteiger partial charge is 0.514 e. The van der Waals surface area contributed by atoms with E-state index in [0.717, 1.165) is 0 Å². The number of ether oxygens (including phenoxy) is 3. The van der Waals surface area contributed by atoms with E-state index in [-0.39, 0.29) is 30.0 Å². The van der Waals surface area contributed by atoms with Gasteiger partial charge >= 0.3 is 19.2 Å². The number of fused-ring (bicyclic) bond motifs is 1. The van der Waals surface area contributed by atoms with Crippen molar-refractivity contribution in [3.05, 3.63) is 34.3 Å². The molecule has 1 aromatic carbocycles. The number of rotatable bonds is 6. The van der Waals surface area contributed by atoms with Gasteiger partial charge in [-0.1, -0.05) is 12.1 Å². The molecule has 2 aliphatic heterocycles. The van der Waals surface area contributed by atoms with Crippen LogP contribution in [0.1, 0.15) is 101 Å². The molecule has 9 nitrogen and oxygen atoms in total. The van der Waals surface area contributed by atoms with Crippen LogP contribution in [0, 0.1) is 0 Å². The molecule has 0 bridgehead atoms. The minimum absolute atomic E-state index is 0.00374. The molecule has 0 aliphatic carbocycles. The molecule has 0 aromatic heterocycles. The van der Waals surface area contributed by atoms with E-state index in [1.807, 2.05) is 27.7 Å². The van der Waals surface area contributed by atoms with Crippen molar-refractivity contribution in [1.29, 1.82) is 0 Å². The lowest BCUT2D eigenvalue weighted by Crippen LogP contribution is -2.41. The van der Waals surface area contributed by atoms with Gasteiger partial charge in [-0.3, -0.25) is 4.79 Å².